The van der Waals surface area contributed by atoms with E-state index in [2.05, 4.69) is 135 Å². The fourth-order valence-electron chi connectivity index (χ4n) is 12.2. The molecule has 2 aliphatic rings. The van der Waals surface area contributed by atoms with Crippen LogP contribution in [-0.4, -0.2) is 79.3 Å². The van der Waals surface area contributed by atoms with Crippen molar-refractivity contribution in [1.82, 2.24) is 41.2 Å². The number of nitrogens with zero attached hydrogens (tertiary/aromatic N) is 3. The van der Waals surface area contributed by atoms with Crippen LogP contribution in [0.3, 0.4) is 0 Å². The monoisotopic (exact) mass is 1220 g/mol. The van der Waals surface area contributed by atoms with Gasteiger partial charge in [0.2, 0.25) is 5.91 Å². The minimum Gasteiger partial charge on any atom is -0.355 e. The van der Waals surface area contributed by atoms with Gasteiger partial charge < -0.3 is 16.0 Å². The molecule has 2 aliphatic carbocycles. The summed E-state index contributed by atoms with van der Waals surface area (Å²) in [6, 6.07) is 47.0. The summed E-state index contributed by atoms with van der Waals surface area (Å²) in [4.78, 5) is 70.9. The Labute approximate surface area is 536 Å². The van der Waals surface area contributed by atoms with Gasteiger partial charge in [-0.15, -0.1) is 6.42 Å². The Morgan fingerprint density at radius 1 is 0.533 bits per heavy atom. The van der Waals surface area contributed by atoms with E-state index in [1.54, 1.807) is 25.2 Å². The van der Waals surface area contributed by atoms with Crippen LogP contribution in [0.25, 0.3) is 66.5 Å². The van der Waals surface area contributed by atoms with Gasteiger partial charge in [-0.3, -0.25) is 44.1 Å². The fraction of sp³-hybridized carbons (Fsp3) is 0.208. The van der Waals surface area contributed by atoms with Crippen LogP contribution in [-0.2, 0) is 38.4 Å². The van der Waals surface area contributed by atoms with Crippen LogP contribution >= 0.6 is 0 Å². The van der Waals surface area contributed by atoms with Crippen LogP contribution in [0, 0.1) is 38.0 Å². The summed E-state index contributed by atoms with van der Waals surface area (Å²) >= 11 is 0. The number of benzene rings is 7. The van der Waals surface area contributed by atoms with E-state index in [0.717, 1.165) is 89.8 Å². The van der Waals surface area contributed by atoms with Gasteiger partial charge in [-0.1, -0.05) is 136 Å². The molecule has 2 saturated carbocycles. The molecule has 10 aromatic rings. The molecule has 92 heavy (non-hydrogen) atoms. The molecule has 3 atom stereocenters. The van der Waals surface area contributed by atoms with E-state index in [-0.39, 0.29) is 41.6 Å². The Morgan fingerprint density at radius 3 is 1.65 bits per heavy atom. The van der Waals surface area contributed by atoms with Crippen molar-refractivity contribution >= 4 is 73.5 Å². The van der Waals surface area contributed by atoms with Crippen molar-refractivity contribution in [1.29, 1.82) is 0 Å². The van der Waals surface area contributed by atoms with Gasteiger partial charge in [-0.25, -0.2) is 0 Å². The largest absolute Gasteiger partial charge is 0.355 e. The average molecular weight is 1220 g/mol. The number of nitrogens with one attached hydrogen (secondary N) is 6. The van der Waals surface area contributed by atoms with Crippen molar-refractivity contribution in [3.8, 4) is 46.1 Å². The van der Waals surface area contributed by atoms with E-state index >= 15 is 0 Å². The first-order valence-corrected chi connectivity index (χ1v) is 30.7. The highest BCUT2D eigenvalue weighted by Crippen LogP contribution is 2.50. The summed E-state index contributed by atoms with van der Waals surface area (Å²) in [5, 5.41) is 33.4. The number of para-hydroxylation sites is 1. The number of anilines is 1. The number of rotatable bonds is 18. The molecule has 3 aromatic heterocycles. The number of H-pyrrole nitrogens is 3. The molecule has 12 rings (SSSR count). The van der Waals surface area contributed by atoms with E-state index in [9.17, 15) is 28.8 Å². The second-order valence-corrected chi connectivity index (χ2v) is 23.1. The third kappa shape index (κ3) is 16.4. The fourth-order valence-corrected chi connectivity index (χ4v) is 12.2. The number of carbonyl (C=O) groups is 6. The minimum absolute atomic E-state index is 0.00280. The zero-order chi connectivity index (χ0) is 65.3. The molecule has 2 fully saturated rings. The molecule has 15 heteroatoms. The first kappa shape index (κ1) is 65.3. The maximum atomic E-state index is 12.3. The average Bonchev–Trinajstić information content (AvgIpc) is 1.64. The summed E-state index contributed by atoms with van der Waals surface area (Å²) in [5.41, 5.74) is 16.2. The normalized spacial score (nSPS) is 14.5. The summed E-state index contributed by atoms with van der Waals surface area (Å²) in [5.74, 6) is 3.76. The molecule has 0 aliphatic heterocycles. The molecule has 3 unspecified atom stereocenters. The third-order valence-corrected chi connectivity index (χ3v) is 16.7. The molecular formula is C77H75N9O6. The maximum absolute atomic E-state index is 12.3. The SMILES string of the molecule is C#CCNC(=O)c1cc(NC(=O)C=C)cc(-c2n[nH]c3ccccc23)c1.C=CC(=O)Cc1cc(C(=O)NC)cc(C2CCC3CCCCC32)c1.C=CC(=O)Cc1cccc(-c2n[nH]c3cc(C)ccc23)c1.C=CC(=O)Cc1cccc(-c2n[nH]c3cc(C)ccc23)c1. The zero-order valence-electron chi connectivity index (χ0n) is 52.2. The molecule has 15 nitrogen and oxygen atoms in total. The van der Waals surface area contributed by atoms with E-state index in [4.69, 9.17) is 6.42 Å². The Morgan fingerprint density at radius 2 is 1.08 bits per heavy atom. The number of carbonyl (C=O) groups excluding carboxylic acids is 6. The number of terminal acetylenes is 1. The number of ketones is 3. The highest BCUT2D eigenvalue weighted by Gasteiger charge is 2.38. The molecule has 3 amide bonds. The summed E-state index contributed by atoms with van der Waals surface area (Å²) in [6.45, 7) is 18.2. The first-order valence-electron chi connectivity index (χ1n) is 30.7. The van der Waals surface area contributed by atoms with Crippen molar-refractivity contribution in [2.24, 2.45) is 11.8 Å². The first-order chi connectivity index (χ1) is 44.6. The highest BCUT2D eigenvalue weighted by atomic mass is 16.2. The van der Waals surface area contributed by atoms with Crippen molar-refractivity contribution in [2.45, 2.75) is 77.6 Å². The number of allylic oxidation sites excluding steroid dienone is 3. The van der Waals surface area contributed by atoms with Gasteiger partial charge in [0.15, 0.2) is 17.3 Å². The van der Waals surface area contributed by atoms with Crippen LogP contribution in [0.5, 0.6) is 0 Å². The lowest BCUT2D eigenvalue weighted by molar-refractivity contribution is -0.114. The Bertz CT molecular complexity index is 4340. The maximum Gasteiger partial charge on any atom is 0.252 e. The number of aryl methyl sites for hydroxylation is 2. The van der Waals surface area contributed by atoms with Crippen molar-refractivity contribution in [2.75, 3.05) is 18.9 Å². The quantitative estimate of drug-likeness (QED) is 0.0354. The number of aromatic amines is 3. The highest BCUT2D eigenvalue weighted by molar-refractivity contribution is 6.04. The van der Waals surface area contributed by atoms with Crippen LogP contribution in [0.15, 0.2) is 196 Å². The third-order valence-electron chi connectivity index (χ3n) is 16.7. The molecule has 464 valence electrons. The van der Waals surface area contributed by atoms with E-state index in [1.165, 1.54) is 73.4 Å². The van der Waals surface area contributed by atoms with Gasteiger partial charge >= 0.3 is 0 Å². The number of hydrogen-bond donors (Lipinski definition) is 6. The molecule has 3 heterocycles. The van der Waals surface area contributed by atoms with Gasteiger partial charge in [0.1, 0.15) is 0 Å². The lowest BCUT2D eigenvalue weighted by Gasteiger charge is -2.30. The van der Waals surface area contributed by atoms with Gasteiger partial charge in [0, 0.05) is 76.0 Å². The topological polar surface area (TPSA) is 225 Å². The van der Waals surface area contributed by atoms with Crippen LogP contribution < -0.4 is 16.0 Å². The van der Waals surface area contributed by atoms with Crippen LogP contribution in [0.4, 0.5) is 5.69 Å². The van der Waals surface area contributed by atoms with Crippen LogP contribution in [0.2, 0.25) is 0 Å². The van der Waals surface area contributed by atoms with E-state index < -0.39 is 0 Å². The standard InChI is InChI=1S/C21H27NO2.C20H16N4O2.2C18H16N2O/c1-3-18(23)12-14-10-16(13-17(11-14)21(24)22-2)20-9-8-15-6-4-5-7-19(15)20;1-3-9-21-20(26)14-10-13(11-15(12-14)22-18(25)4-2)19-16-7-5-6-8-17(16)23-24-19;2*1-3-15(21)11-13-5-4-6-14(10-13)18-16-8-7-12(2)9-17(16)19-20-18/h3,10-11,13,15,19-20H,1,4-9,12H2,2H3,(H,22,24);1,4-8,10-12H,2,9H2,(H,21,26)(H,22,25)(H,23,24);2*3-10H,1,11H2,2H3,(H,19,20). The number of hydrogen-bond acceptors (Lipinski definition) is 9. The molecule has 7 aromatic carbocycles. The second-order valence-electron chi connectivity index (χ2n) is 23.1. The van der Waals surface area contributed by atoms with Gasteiger partial charge in [0.05, 0.1) is 40.2 Å². The second kappa shape index (κ2) is 30.9. The van der Waals surface area contributed by atoms with Gasteiger partial charge in [-0.2, -0.15) is 15.3 Å². The summed E-state index contributed by atoms with van der Waals surface area (Å²) in [7, 11) is 1.65. The molecule has 0 saturated heterocycles. The number of aromatic nitrogens is 6. The van der Waals surface area contributed by atoms with E-state index in [1.807, 2.05) is 84.9 Å². The molecular weight excluding hydrogens is 1150 g/mol. The summed E-state index contributed by atoms with van der Waals surface area (Å²) < 4.78 is 0. The van der Waals surface area contributed by atoms with E-state index in [0.29, 0.717) is 53.3 Å². The lowest BCUT2D eigenvalue weighted by atomic mass is 9.75. The molecule has 0 radical (unpaired) electrons. The summed E-state index contributed by atoms with van der Waals surface area (Å²) in [6.07, 6.45) is 19.4. The lowest BCUT2D eigenvalue weighted by Crippen LogP contribution is -2.23. The predicted molar refractivity (Wildman–Crippen MR) is 368 cm³/mol. The number of amides is 3. The van der Waals surface area contributed by atoms with Crippen molar-refractivity contribution in [3.05, 3.63) is 241 Å². The predicted octanol–water partition coefficient (Wildman–Crippen LogP) is 14.4. The zero-order valence-corrected chi connectivity index (χ0v) is 52.2. The van der Waals surface area contributed by atoms with Gasteiger partial charge in [0.25, 0.3) is 11.8 Å². The Kier molecular flexibility index (Phi) is 21.9. The number of fused-ring (bicyclic) bond motifs is 4. The molecule has 0 spiro atoms. The minimum atomic E-state index is -0.371. The van der Waals surface area contributed by atoms with Crippen molar-refractivity contribution in [3.63, 3.8) is 0 Å². The van der Waals surface area contributed by atoms with Gasteiger partial charge in [-0.05, 0) is 169 Å². The Hall–Kier alpha value is -11.1. The van der Waals surface area contributed by atoms with Crippen LogP contribution in [0.1, 0.15) is 98.5 Å². The van der Waals surface area contributed by atoms with Crippen molar-refractivity contribution < 1.29 is 28.8 Å². The smallest absolute Gasteiger partial charge is 0.252 e. The molecule has 6 N–H and O–H groups in total. The molecule has 0 bridgehead atoms. The Balaban J connectivity index is 0.000000145.